The number of rotatable bonds is 4. The molecule has 0 bridgehead atoms. The van der Waals surface area contributed by atoms with Gasteiger partial charge in [0.05, 0.1) is 18.4 Å². The smallest absolute Gasteiger partial charge is 0.250 e. The lowest BCUT2D eigenvalue weighted by Gasteiger charge is -2.29. The van der Waals surface area contributed by atoms with Crippen LogP contribution < -0.4 is 16.4 Å². The zero-order chi connectivity index (χ0) is 22.8. The maximum atomic E-state index is 13.7. The summed E-state index contributed by atoms with van der Waals surface area (Å²) in [5.41, 5.74) is 6.68. The lowest BCUT2D eigenvalue weighted by atomic mass is 9.76. The fourth-order valence-electron chi connectivity index (χ4n) is 5.38. The van der Waals surface area contributed by atoms with Crippen molar-refractivity contribution in [3.63, 3.8) is 0 Å². The van der Waals surface area contributed by atoms with Crippen LogP contribution in [0, 0.1) is 18.8 Å². The lowest BCUT2D eigenvalue weighted by Crippen LogP contribution is -2.53. The Morgan fingerprint density at radius 1 is 1.12 bits per heavy atom. The highest BCUT2D eigenvalue weighted by Crippen LogP contribution is 2.54. The lowest BCUT2D eigenvalue weighted by molar-refractivity contribution is -0.143. The molecule has 3 heterocycles. The molecule has 4 N–H and O–H groups in total. The number of carbonyl (C=O) groups excluding carboxylic acids is 4. The summed E-state index contributed by atoms with van der Waals surface area (Å²) in [4.78, 5) is 53.4. The van der Waals surface area contributed by atoms with Crippen LogP contribution in [0.1, 0.15) is 23.1 Å². The molecule has 0 radical (unpaired) electrons. The number of likely N-dealkylation sites (tertiary alicyclic amines) is 1. The molecular formula is C23H21ClN4O4. The summed E-state index contributed by atoms with van der Waals surface area (Å²) in [6, 6.07) is 11.6. The molecule has 0 aromatic heterocycles. The Morgan fingerprint density at radius 3 is 2.59 bits per heavy atom. The maximum absolute atomic E-state index is 13.7. The molecule has 3 aliphatic heterocycles. The van der Waals surface area contributed by atoms with Gasteiger partial charge in [0.15, 0.2) is 0 Å². The molecule has 2 fully saturated rings. The van der Waals surface area contributed by atoms with E-state index in [1.165, 1.54) is 0 Å². The number of fused-ring (bicyclic) bond motifs is 4. The number of nitrogens with two attached hydrogens (primary N) is 1. The van der Waals surface area contributed by atoms with Crippen LogP contribution in [-0.2, 0) is 31.3 Å². The number of carbonyl (C=O) groups is 4. The quantitative estimate of drug-likeness (QED) is 0.606. The van der Waals surface area contributed by atoms with Crippen molar-refractivity contribution in [2.75, 3.05) is 5.32 Å². The van der Waals surface area contributed by atoms with Crippen LogP contribution in [0.2, 0.25) is 5.02 Å². The zero-order valence-corrected chi connectivity index (χ0v) is 18.0. The van der Waals surface area contributed by atoms with Gasteiger partial charge in [-0.3, -0.25) is 29.4 Å². The number of hydrogen-bond acceptors (Lipinski definition) is 5. The third-order valence-corrected chi connectivity index (χ3v) is 7.13. The topological polar surface area (TPSA) is 122 Å². The number of primary amides is 1. The summed E-state index contributed by atoms with van der Waals surface area (Å²) < 4.78 is 0. The molecule has 1 spiro atoms. The van der Waals surface area contributed by atoms with Crippen molar-refractivity contribution in [3.8, 4) is 0 Å². The van der Waals surface area contributed by atoms with E-state index in [-0.39, 0.29) is 13.0 Å². The van der Waals surface area contributed by atoms with Gasteiger partial charge in [0.25, 0.3) is 0 Å². The minimum atomic E-state index is -1.45. The van der Waals surface area contributed by atoms with Gasteiger partial charge in [0.2, 0.25) is 23.6 Å². The summed E-state index contributed by atoms with van der Waals surface area (Å²) >= 11 is 6.26. The molecule has 2 aromatic rings. The number of amides is 4. The van der Waals surface area contributed by atoms with Crippen LogP contribution in [0.15, 0.2) is 42.5 Å². The Morgan fingerprint density at radius 2 is 1.88 bits per heavy atom. The monoisotopic (exact) mass is 452 g/mol. The summed E-state index contributed by atoms with van der Waals surface area (Å²) in [5.74, 6) is -3.83. The number of nitrogens with one attached hydrogen (secondary N) is 2. The molecule has 3 aliphatic rings. The normalized spacial score (nSPS) is 28.2. The van der Waals surface area contributed by atoms with Crippen LogP contribution in [0.5, 0.6) is 0 Å². The van der Waals surface area contributed by atoms with Crippen molar-refractivity contribution >= 4 is 40.9 Å². The molecule has 164 valence electrons. The van der Waals surface area contributed by atoms with Gasteiger partial charge in [-0.2, -0.15) is 0 Å². The summed E-state index contributed by atoms with van der Waals surface area (Å²) in [7, 11) is 0. The number of aryl methyl sites for hydroxylation is 1. The minimum Gasteiger partial charge on any atom is -0.370 e. The maximum Gasteiger partial charge on any atom is 0.250 e. The van der Waals surface area contributed by atoms with Crippen molar-refractivity contribution < 1.29 is 19.2 Å². The number of nitrogens with zero attached hydrogens (tertiary/aromatic N) is 1. The van der Waals surface area contributed by atoms with Gasteiger partial charge >= 0.3 is 0 Å². The van der Waals surface area contributed by atoms with Crippen molar-refractivity contribution in [2.45, 2.75) is 31.5 Å². The number of halogens is 1. The molecule has 0 saturated carbocycles. The third kappa shape index (κ3) is 2.73. The van der Waals surface area contributed by atoms with Crippen molar-refractivity contribution in [2.24, 2.45) is 17.6 Å². The van der Waals surface area contributed by atoms with E-state index in [1.807, 2.05) is 13.0 Å². The van der Waals surface area contributed by atoms with Crippen LogP contribution in [0.4, 0.5) is 5.69 Å². The molecule has 4 amide bonds. The Labute approximate surface area is 189 Å². The highest BCUT2D eigenvalue weighted by Gasteiger charge is 2.70. The molecule has 0 aliphatic carbocycles. The highest BCUT2D eigenvalue weighted by atomic mass is 35.5. The number of imide groups is 1. The van der Waals surface area contributed by atoms with Gasteiger partial charge in [-0.1, -0.05) is 48.0 Å². The Kier molecular flexibility index (Phi) is 4.61. The zero-order valence-electron chi connectivity index (χ0n) is 17.2. The molecule has 8 nitrogen and oxygen atoms in total. The van der Waals surface area contributed by atoms with E-state index in [9.17, 15) is 19.2 Å². The number of anilines is 1. The van der Waals surface area contributed by atoms with Crippen molar-refractivity contribution in [3.05, 3.63) is 64.2 Å². The minimum absolute atomic E-state index is 0.00793. The second-order valence-electron chi connectivity index (χ2n) is 8.54. The second kappa shape index (κ2) is 7.15. The van der Waals surface area contributed by atoms with Gasteiger partial charge in [-0.05, 0) is 24.1 Å². The van der Waals surface area contributed by atoms with Crippen LogP contribution in [0.3, 0.4) is 0 Å². The first kappa shape index (κ1) is 20.7. The average molecular weight is 453 g/mol. The van der Waals surface area contributed by atoms with E-state index in [0.717, 1.165) is 10.5 Å². The van der Waals surface area contributed by atoms with E-state index in [0.29, 0.717) is 21.8 Å². The van der Waals surface area contributed by atoms with Gasteiger partial charge in [0.1, 0.15) is 5.54 Å². The fourth-order valence-corrected chi connectivity index (χ4v) is 5.58. The fraction of sp³-hybridized carbons (Fsp3) is 0.304. The predicted octanol–water partition coefficient (Wildman–Crippen LogP) is 1.44. The molecular weight excluding hydrogens is 432 g/mol. The first-order chi connectivity index (χ1) is 15.3. The Balaban J connectivity index is 1.62. The van der Waals surface area contributed by atoms with Gasteiger partial charge in [-0.15, -0.1) is 0 Å². The van der Waals surface area contributed by atoms with Gasteiger partial charge < -0.3 is 11.1 Å². The van der Waals surface area contributed by atoms with Crippen LogP contribution in [0.25, 0.3) is 0 Å². The number of para-hydroxylation sites is 1. The van der Waals surface area contributed by atoms with E-state index in [2.05, 4.69) is 10.6 Å². The Bertz CT molecular complexity index is 1200. The van der Waals surface area contributed by atoms with E-state index < -0.39 is 47.0 Å². The first-order valence-electron chi connectivity index (χ1n) is 10.3. The molecule has 32 heavy (non-hydrogen) atoms. The average Bonchev–Trinajstić information content (AvgIpc) is 3.31. The summed E-state index contributed by atoms with van der Waals surface area (Å²) in [5, 5.41) is 6.49. The van der Waals surface area contributed by atoms with Crippen LogP contribution >= 0.6 is 11.6 Å². The SMILES string of the molecule is Cc1cccc2c1NC(=O)[C@@]21N[C@H](CC(N)=O)[C@H]2C(=O)N(Cc3ccccc3Cl)C(=O)[C@H]21. The highest BCUT2D eigenvalue weighted by molar-refractivity contribution is 6.31. The molecule has 0 unspecified atom stereocenters. The second-order valence-corrected chi connectivity index (χ2v) is 8.95. The van der Waals surface area contributed by atoms with E-state index in [4.69, 9.17) is 17.3 Å². The predicted molar refractivity (Wildman–Crippen MR) is 116 cm³/mol. The van der Waals surface area contributed by atoms with Crippen molar-refractivity contribution in [1.82, 2.24) is 10.2 Å². The van der Waals surface area contributed by atoms with E-state index >= 15 is 0 Å². The van der Waals surface area contributed by atoms with Gasteiger partial charge in [-0.25, -0.2) is 0 Å². The van der Waals surface area contributed by atoms with E-state index in [1.54, 1.807) is 36.4 Å². The van der Waals surface area contributed by atoms with Crippen molar-refractivity contribution in [1.29, 1.82) is 0 Å². The van der Waals surface area contributed by atoms with Crippen LogP contribution in [-0.4, -0.2) is 34.6 Å². The summed E-state index contributed by atoms with van der Waals surface area (Å²) in [6.45, 7) is 1.85. The number of hydrogen-bond donors (Lipinski definition) is 3. The molecule has 2 saturated heterocycles. The molecule has 2 aromatic carbocycles. The third-order valence-electron chi connectivity index (χ3n) is 6.76. The molecule has 9 heteroatoms. The standard InChI is InChI=1S/C23H21ClN4O4/c1-11-5-4-7-13-19(11)26-22(32)23(13)18-17(15(27-23)9-16(25)29)20(30)28(21(18)31)10-12-6-2-3-8-14(12)24/h2-8,15,17-18,27H,9-10H2,1H3,(H2,25,29)(H,26,32)/t15-,17-,18+,23-/m1/s1. The Hall–Kier alpha value is -3.23. The molecule has 4 atom stereocenters. The molecule has 5 rings (SSSR count). The number of benzene rings is 2. The largest absolute Gasteiger partial charge is 0.370 e. The first-order valence-corrected chi connectivity index (χ1v) is 10.7. The summed E-state index contributed by atoms with van der Waals surface area (Å²) in [6.07, 6.45) is -0.170. The van der Waals surface area contributed by atoms with Gasteiger partial charge in [0, 0.05) is 28.7 Å².